The first kappa shape index (κ1) is 16.1. The molecule has 0 atom stereocenters. The molecule has 0 bridgehead atoms. The molecule has 0 unspecified atom stereocenters. The third-order valence-electron chi connectivity index (χ3n) is 3.83. The Labute approximate surface area is 142 Å². The molecule has 4 nitrogen and oxygen atoms in total. The van der Waals surface area contributed by atoms with Crippen molar-refractivity contribution in [2.75, 3.05) is 13.7 Å². The van der Waals surface area contributed by atoms with Crippen molar-refractivity contribution < 1.29 is 4.74 Å². The van der Waals surface area contributed by atoms with Gasteiger partial charge in [-0.3, -0.25) is 0 Å². The summed E-state index contributed by atoms with van der Waals surface area (Å²) in [6.45, 7) is 4.66. The molecule has 124 valence electrons. The molecule has 3 rings (SSSR count). The highest BCUT2D eigenvalue weighted by Crippen LogP contribution is 2.29. The van der Waals surface area contributed by atoms with Crippen molar-refractivity contribution in [3.05, 3.63) is 72.1 Å². The number of hydrogen-bond donors (Lipinski definition) is 1. The lowest BCUT2D eigenvalue weighted by Crippen LogP contribution is -2.09. The molecule has 1 N–H and O–H groups in total. The molecule has 0 fully saturated rings. The number of hydrogen-bond acceptors (Lipinski definition) is 3. The fraction of sp³-hybridized carbons (Fsp3) is 0.250. The van der Waals surface area contributed by atoms with Crippen LogP contribution in [-0.4, -0.2) is 28.5 Å². The molecule has 0 spiro atoms. The van der Waals surface area contributed by atoms with Crippen LogP contribution in [0.4, 0.5) is 0 Å². The number of pyridine rings is 1. The smallest absolute Gasteiger partial charge is 0.137 e. The largest absolute Gasteiger partial charge is 0.494 e. The first-order valence-corrected chi connectivity index (χ1v) is 8.24. The van der Waals surface area contributed by atoms with E-state index >= 15 is 0 Å². The molecular weight excluding hydrogens is 298 g/mol. The number of rotatable bonds is 5. The van der Waals surface area contributed by atoms with E-state index in [1.165, 1.54) is 11.1 Å². The van der Waals surface area contributed by atoms with Gasteiger partial charge in [-0.05, 0) is 55.3 Å². The van der Waals surface area contributed by atoms with E-state index in [9.17, 15) is 0 Å². The molecule has 4 heteroatoms. The number of fused-ring (bicyclic) bond motifs is 1. The van der Waals surface area contributed by atoms with Gasteiger partial charge < -0.3 is 14.6 Å². The molecule has 0 aromatic carbocycles. The fourth-order valence-electron chi connectivity index (χ4n) is 2.89. The van der Waals surface area contributed by atoms with Gasteiger partial charge in [0.2, 0.25) is 0 Å². The van der Waals surface area contributed by atoms with Crippen LogP contribution in [0, 0.1) is 0 Å². The lowest BCUT2D eigenvalue weighted by Gasteiger charge is -2.20. The first-order chi connectivity index (χ1) is 11.7. The third-order valence-corrected chi connectivity index (χ3v) is 3.83. The molecule has 1 aliphatic heterocycles. The highest BCUT2D eigenvalue weighted by Gasteiger charge is 2.13. The zero-order valence-electron chi connectivity index (χ0n) is 14.4. The Kier molecular flexibility index (Phi) is 4.85. The van der Waals surface area contributed by atoms with Gasteiger partial charge >= 0.3 is 0 Å². The molecule has 0 saturated heterocycles. The molecular formula is C20H23N3O. The molecule has 0 radical (unpaired) electrons. The summed E-state index contributed by atoms with van der Waals surface area (Å²) in [5.74, 6) is 0.888. The van der Waals surface area contributed by atoms with E-state index in [0.717, 1.165) is 28.9 Å². The maximum absolute atomic E-state index is 5.69. The third kappa shape index (κ3) is 3.59. The zero-order chi connectivity index (χ0) is 16.9. The summed E-state index contributed by atoms with van der Waals surface area (Å²) in [5.41, 5.74) is 4.48. The molecule has 0 saturated carbocycles. The highest BCUT2D eigenvalue weighted by atomic mass is 16.5. The second-order valence-corrected chi connectivity index (χ2v) is 5.80. The zero-order valence-corrected chi connectivity index (χ0v) is 14.4. The standard InChI is InChI=1S/C20H23N3O/c1-4-7-18(24-5-2)11-15-10-17(14-23(3)13-15)19-12-16-8-6-9-21-20(16)22-19/h4,6-9,11-14H,5,10H2,1-3H3,(H,21,22)/b7-4-,18-11+. The average molecular weight is 321 g/mol. The van der Waals surface area contributed by atoms with E-state index < -0.39 is 0 Å². The molecule has 2 aromatic rings. The van der Waals surface area contributed by atoms with Crippen LogP contribution in [0.25, 0.3) is 16.6 Å². The Morgan fingerprint density at radius 1 is 1.42 bits per heavy atom. The van der Waals surface area contributed by atoms with Crippen molar-refractivity contribution >= 4 is 16.6 Å². The minimum absolute atomic E-state index is 0.662. The maximum atomic E-state index is 5.69. The summed E-state index contributed by atoms with van der Waals surface area (Å²) >= 11 is 0. The summed E-state index contributed by atoms with van der Waals surface area (Å²) in [6.07, 6.45) is 13.0. The Morgan fingerprint density at radius 3 is 3.04 bits per heavy atom. The van der Waals surface area contributed by atoms with Crippen LogP contribution in [0.3, 0.4) is 0 Å². The highest BCUT2D eigenvalue weighted by molar-refractivity contribution is 5.82. The quantitative estimate of drug-likeness (QED) is 0.645. The number of nitrogens with zero attached hydrogens (tertiary/aromatic N) is 2. The Bertz CT molecular complexity index is 806. The van der Waals surface area contributed by atoms with Gasteiger partial charge in [0.25, 0.3) is 0 Å². The number of allylic oxidation sites excluding steroid dienone is 5. The van der Waals surface area contributed by atoms with Gasteiger partial charge in [-0.25, -0.2) is 4.98 Å². The van der Waals surface area contributed by atoms with E-state index in [1.807, 2.05) is 45.3 Å². The van der Waals surface area contributed by atoms with Gasteiger partial charge in [-0.1, -0.05) is 6.08 Å². The van der Waals surface area contributed by atoms with Crippen LogP contribution >= 0.6 is 0 Å². The van der Waals surface area contributed by atoms with Gasteiger partial charge in [-0.15, -0.1) is 0 Å². The van der Waals surface area contributed by atoms with Gasteiger partial charge in [0, 0.05) is 43.1 Å². The van der Waals surface area contributed by atoms with Crippen molar-refractivity contribution in [3.8, 4) is 0 Å². The van der Waals surface area contributed by atoms with Crippen molar-refractivity contribution in [1.29, 1.82) is 0 Å². The van der Waals surface area contributed by atoms with E-state index in [4.69, 9.17) is 4.74 Å². The Morgan fingerprint density at radius 2 is 2.29 bits per heavy atom. The van der Waals surface area contributed by atoms with E-state index in [0.29, 0.717) is 6.61 Å². The van der Waals surface area contributed by atoms with E-state index in [2.05, 4.69) is 45.5 Å². The molecule has 0 aliphatic carbocycles. The van der Waals surface area contributed by atoms with Crippen LogP contribution < -0.4 is 0 Å². The monoisotopic (exact) mass is 321 g/mol. The number of aromatic nitrogens is 2. The van der Waals surface area contributed by atoms with Crippen molar-refractivity contribution in [3.63, 3.8) is 0 Å². The second kappa shape index (κ2) is 7.21. The van der Waals surface area contributed by atoms with Crippen LogP contribution in [0.1, 0.15) is 26.0 Å². The van der Waals surface area contributed by atoms with Gasteiger partial charge in [0.05, 0.1) is 6.61 Å². The minimum atomic E-state index is 0.662. The lowest BCUT2D eigenvalue weighted by molar-refractivity contribution is 0.242. The van der Waals surface area contributed by atoms with E-state index in [-0.39, 0.29) is 0 Å². The normalized spacial score (nSPS) is 15.8. The van der Waals surface area contributed by atoms with Crippen molar-refractivity contribution in [2.45, 2.75) is 20.3 Å². The molecule has 3 heterocycles. The molecule has 1 aliphatic rings. The molecule has 0 amide bonds. The molecule has 24 heavy (non-hydrogen) atoms. The number of nitrogens with one attached hydrogen (secondary N) is 1. The summed E-state index contributed by atoms with van der Waals surface area (Å²) in [6, 6.07) is 6.19. The SMILES string of the molecule is C/C=C\C(=C/C1=CN(C)C=C(c2cc3cccnc3[nH]2)C1)OCC. The lowest BCUT2D eigenvalue weighted by atomic mass is 10.0. The predicted octanol–water partition coefficient (Wildman–Crippen LogP) is 4.62. The molecule has 2 aromatic heterocycles. The van der Waals surface area contributed by atoms with Crippen LogP contribution in [0.5, 0.6) is 0 Å². The topological polar surface area (TPSA) is 41.2 Å². The van der Waals surface area contributed by atoms with Crippen molar-refractivity contribution in [2.24, 2.45) is 0 Å². The first-order valence-electron chi connectivity index (χ1n) is 8.24. The number of aromatic amines is 1. The van der Waals surface area contributed by atoms with Crippen LogP contribution in [0.15, 0.2) is 66.4 Å². The summed E-state index contributed by atoms with van der Waals surface area (Å²) in [4.78, 5) is 9.88. The summed E-state index contributed by atoms with van der Waals surface area (Å²) in [7, 11) is 2.05. The average Bonchev–Trinajstić information content (AvgIpc) is 2.99. The Balaban J connectivity index is 1.88. The summed E-state index contributed by atoms with van der Waals surface area (Å²) < 4.78 is 5.69. The van der Waals surface area contributed by atoms with Gasteiger partial charge in [-0.2, -0.15) is 0 Å². The number of ether oxygens (including phenoxy) is 1. The summed E-state index contributed by atoms with van der Waals surface area (Å²) in [5, 5.41) is 1.13. The second-order valence-electron chi connectivity index (χ2n) is 5.80. The predicted molar refractivity (Wildman–Crippen MR) is 99.1 cm³/mol. The minimum Gasteiger partial charge on any atom is -0.494 e. The van der Waals surface area contributed by atoms with Gasteiger partial charge in [0.1, 0.15) is 11.4 Å². The Hall–Kier alpha value is -2.75. The van der Waals surface area contributed by atoms with E-state index in [1.54, 1.807) is 0 Å². The van der Waals surface area contributed by atoms with Gasteiger partial charge in [0.15, 0.2) is 0 Å². The number of H-pyrrole nitrogens is 1. The fourth-order valence-corrected chi connectivity index (χ4v) is 2.89. The van der Waals surface area contributed by atoms with Crippen LogP contribution in [0.2, 0.25) is 0 Å². The van der Waals surface area contributed by atoms with Crippen LogP contribution in [-0.2, 0) is 4.74 Å². The van der Waals surface area contributed by atoms with Crippen molar-refractivity contribution in [1.82, 2.24) is 14.9 Å². The maximum Gasteiger partial charge on any atom is 0.137 e.